The van der Waals surface area contributed by atoms with E-state index in [1.807, 2.05) is 4.90 Å². The molecule has 0 aliphatic carbocycles. The van der Waals surface area contributed by atoms with Crippen LogP contribution in [0.2, 0.25) is 0 Å². The van der Waals surface area contributed by atoms with E-state index in [2.05, 4.69) is 34.3 Å². The summed E-state index contributed by atoms with van der Waals surface area (Å²) < 4.78 is 20.2. The van der Waals surface area contributed by atoms with E-state index >= 15 is 0 Å². The molecule has 3 aromatic rings. The number of aromatic nitrogens is 4. The number of piperazine rings is 1. The summed E-state index contributed by atoms with van der Waals surface area (Å²) in [5.41, 5.74) is 0.932. The van der Waals surface area contributed by atoms with Crippen LogP contribution in [0.4, 0.5) is 4.39 Å². The second kappa shape index (κ2) is 8.74. The number of nitrogens with zero attached hydrogens (tertiary/aromatic N) is 6. The summed E-state index contributed by atoms with van der Waals surface area (Å²) in [4.78, 5) is 16.7. The van der Waals surface area contributed by atoms with Gasteiger partial charge in [-0.1, -0.05) is 26.0 Å². The molecule has 0 N–H and O–H groups in total. The average molecular weight is 412 g/mol. The fourth-order valence-corrected chi connectivity index (χ4v) is 3.94. The summed E-state index contributed by atoms with van der Waals surface area (Å²) in [5, 5.41) is 12.4. The first-order valence-corrected chi connectivity index (χ1v) is 10.1. The topological polar surface area (TPSA) is 80.3 Å². The Kier molecular flexibility index (Phi) is 5.89. The van der Waals surface area contributed by atoms with Crippen LogP contribution in [0.3, 0.4) is 0 Å². The molecule has 1 amide bonds. The van der Waals surface area contributed by atoms with Gasteiger partial charge in [-0.15, -0.1) is 5.10 Å². The smallest absolute Gasteiger partial charge is 0.289 e. The molecule has 30 heavy (non-hydrogen) atoms. The number of rotatable bonds is 6. The van der Waals surface area contributed by atoms with Crippen LogP contribution < -0.4 is 0 Å². The van der Waals surface area contributed by atoms with Gasteiger partial charge in [0.2, 0.25) is 0 Å². The van der Waals surface area contributed by atoms with Crippen molar-refractivity contribution in [1.82, 2.24) is 30.0 Å². The molecule has 8 nitrogen and oxygen atoms in total. The van der Waals surface area contributed by atoms with Gasteiger partial charge < -0.3 is 9.32 Å². The minimum Gasteiger partial charge on any atom is -0.459 e. The Bertz CT molecular complexity index is 962. The van der Waals surface area contributed by atoms with Gasteiger partial charge in [-0.05, 0) is 46.2 Å². The van der Waals surface area contributed by atoms with Gasteiger partial charge in [0.15, 0.2) is 11.6 Å². The number of halogens is 1. The van der Waals surface area contributed by atoms with Crippen molar-refractivity contribution in [2.45, 2.75) is 26.4 Å². The molecule has 158 valence electrons. The number of hydrogen-bond acceptors (Lipinski definition) is 6. The quantitative estimate of drug-likeness (QED) is 0.619. The lowest BCUT2D eigenvalue weighted by molar-refractivity contribution is 0.0464. The Morgan fingerprint density at radius 1 is 1.13 bits per heavy atom. The lowest BCUT2D eigenvalue weighted by Crippen LogP contribution is -2.50. The third-order valence-electron chi connectivity index (χ3n) is 5.43. The van der Waals surface area contributed by atoms with Gasteiger partial charge >= 0.3 is 0 Å². The standard InChI is InChI=1S/C21H25FN6O2/c1-15(2)19(20-23-24-25-28(20)14-16-5-7-17(22)8-6-16)26-9-11-27(12-10-26)21(29)18-4-3-13-30-18/h3-8,13,15,19H,9-12,14H2,1-2H3/t19-/m0/s1. The SMILES string of the molecule is CC(C)[C@@H](c1nnnn1Cc1ccc(F)cc1)N1CCN(C(=O)c2ccco2)CC1. The van der Waals surface area contributed by atoms with Gasteiger partial charge in [0, 0.05) is 26.2 Å². The van der Waals surface area contributed by atoms with E-state index < -0.39 is 0 Å². The Morgan fingerprint density at radius 2 is 1.87 bits per heavy atom. The summed E-state index contributed by atoms with van der Waals surface area (Å²) in [7, 11) is 0. The summed E-state index contributed by atoms with van der Waals surface area (Å²) >= 11 is 0. The van der Waals surface area contributed by atoms with E-state index in [0.717, 1.165) is 24.5 Å². The van der Waals surface area contributed by atoms with Gasteiger partial charge in [-0.25, -0.2) is 9.07 Å². The molecule has 0 bridgehead atoms. The number of furan rings is 1. The van der Waals surface area contributed by atoms with Crippen molar-refractivity contribution in [2.24, 2.45) is 5.92 Å². The Balaban J connectivity index is 1.47. The largest absolute Gasteiger partial charge is 0.459 e. The molecule has 3 heterocycles. The minimum atomic E-state index is -0.266. The van der Waals surface area contributed by atoms with Gasteiger partial charge in [0.1, 0.15) is 5.82 Å². The monoisotopic (exact) mass is 412 g/mol. The first-order chi connectivity index (χ1) is 14.5. The van der Waals surface area contributed by atoms with Crippen molar-refractivity contribution in [3.63, 3.8) is 0 Å². The van der Waals surface area contributed by atoms with Crippen LogP contribution in [0.15, 0.2) is 47.1 Å². The van der Waals surface area contributed by atoms with Crippen molar-refractivity contribution >= 4 is 5.91 Å². The van der Waals surface area contributed by atoms with E-state index in [9.17, 15) is 9.18 Å². The number of carbonyl (C=O) groups excluding carboxylic acids is 1. The number of benzene rings is 1. The predicted octanol–water partition coefficient (Wildman–Crippen LogP) is 2.61. The molecule has 0 unspecified atom stereocenters. The molecule has 1 saturated heterocycles. The molecule has 9 heteroatoms. The van der Waals surface area contributed by atoms with Crippen LogP contribution in [0, 0.1) is 11.7 Å². The zero-order valence-electron chi connectivity index (χ0n) is 17.1. The second-order valence-electron chi connectivity index (χ2n) is 7.82. The molecule has 1 fully saturated rings. The average Bonchev–Trinajstić information content (AvgIpc) is 3.43. The summed E-state index contributed by atoms with van der Waals surface area (Å²) in [6.07, 6.45) is 1.51. The van der Waals surface area contributed by atoms with Crippen LogP contribution in [-0.2, 0) is 6.54 Å². The third kappa shape index (κ3) is 4.25. The highest BCUT2D eigenvalue weighted by Gasteiger charge is 2.33. The molecule has 0 saturated carbocycles. The van der Waals surface area contributed by atoms with Gasteiger partial charge in [-0.3, -0.25) is 9.69 Å². The lowest BCUT2D eigenvalue weighted by atomic mass is 10.0. The summed E-state index contributed by atoms with van der Waals surface area (Å²) in [5.74, 6) is 1.07. The minimum absolute atomic E-state index is 0.0151. The maximum atomic E-state index is 13.2. The molecule has 1 aromatic carbocycles. The normalized spacial score (nSPS) is 16.2. The number of amides is 1. The van der Waals surface area contributed by atoms with Gasteiger partial charge in [0.05, 0.1) is 18.8 Å². The zero-order valence-corrected chi connectivity index (χ0v) is 17.1. The summed E-state index contributed by atoms with van der Waals surface area (Å²) in [6, 6.07) is 9.78. The maximum Gasteiger partial charge on any atom is 0.289 e. The molecule has 2 aromatic heterocycles. The highest BCUT2D eigenvalue weighted by atomic mass is 19.1. The predicted molar refractivity (Wildman–Crippen MR) is 107 cm³/mol. The fraction of sp³-hybridized carbons (Fsp3) is 0.429. The third-order valence-corrected chi connectivity index (χ3v) is 5.43. The molecule has 1 aliphatic rings. The number of tetrazole rings is 1. The first-order valence-electron chi connectivity index (χ1n) is 10.1. The summed E-state index contributed by atoms with van der Waals surface area (Å²) in [6.45, 7) is 7.43. The molecular weight excluding hydrogens is 387 g/mol. The zero-order chi connectivity index (χ0) is 21.1. The van der Waals surface area contributed by atoms with E-state index in [-0.39, 0.29) is 23.7 Å². The fourth-order valence-electron chi connectivity index (χ4n) is 3.94. The maximum absolute atomic E-state index is 13.2. The molecule has 1 aliphatic heterocycles. The lowest BCUT2D eigenvalue weighted by Gasteiger charge is -2.40. The number of hydrogen-bond donors (Lipinski definition) is 0. The number of carbonyl (C=O) groups is 1. The molecule has 4 rings (SSSR count). The molecular formula is C21H25FN6O2. The molecule has 1 atom stereocenters. The van der Waals surface area contributed by atoms with E-state index in [1.54, 1.807) is 28.9 Å². The highest BCUT2D eigenvalue weighted by molar-refractivity contribution is 5.91. The van der Waals surface area contributed by atoms with E-state index in [1.165, 1.54) is 18.4 Å². The van der Waals surface area contributed by atoms with E-state index in [4.69, 9.17) is 4.42 Å². The van der Waals surface area contributed by atoms with Crippen LogP contribution in [0.25, 0.3) is 0 Å². The Morgan fingerprint density at radius 3 is 2.50 bits per heavy atom. The van der Waals surface area contributed by atoms with Crippen LogP contribution in [0.5, 0.6) is 0 Å². The van der Waals surface area contributed by atoms with Crippen molar-refractivity contribution in [3.05, 3.63) is 65.6 Å². The second-order valence-corrected chi connectivity index (χ2v) is 7.82. The van der Waals surface area contributed by atoms with Crippen molar-refractivity contribution < 1.29 is 13.6 Å². The Hall–Kier alpha value is -3.07. The van der Waals surface area contributed by atoms with Gasteiger partial charge in [-0.2, -0.15) is 0 Å². The highest BCUT2D eigenvalue weighted by Crippen LogP contribution is 2.28. The van der Waals surface area contributed by atoms with Crippen molar-refractivity contribution in [1.29, 1.82) is 0 Å². The van der Waals surface area contributed by atoms with Crippen molar-refractivity contribution in [3.8, 4) is 0 Å². The van der Waals surface area contributed by atoms with Gasteiger partial charge in [0.25, 0.3) is 5.91 Å². The van der Waals surface area contributed by atoms with Crippen LogP contribution in [-0.4, -0.2) is 62.1 Å². The first kappa shape index (κ1) is 20.2. The van der Waals surface area contributed by atoms with Crippen LogP contribution in [0.1, 0.15) is 41.8 Å². The molecule has 0 radical (unpaired) electrons. The Labute approximate surface area is 174 Å². The molecule has 0 spiro atoms. The van der Waals surface area contributed by atoms with E-state index in [0.29, 0.717) is 25.4 Å². The van der Waals surface area contributed by atoms with Crippen molar-refractivity contribution in [2.75, 3.05) is 26.2 Å². The van der Waals surface area contributed by atoms with Crippen LogP contribution >= 0.6 is 0 Å².